The standard InChI is InChI=1S/C15H13BrO2S/c1-11-6-8-12(9-7-11)14(17)10-19(18)15-5-3-2-4-13(15)16/h2-9H,10H2,1H3. The molecule has 0 saturated carbocycles. The monoisotopic (exact) mass is 336 g/mol. The summed E-state index contributed by atoms with van der Waals surface area (Å²) in [6.45, 7) is 1.97. The van der Waals surface area contributed by atoms with E-state index in [0.717, 1.165) is 10.0 Å². The van der Waals surface area contributed by atoms with Crippen LogP contribution in [0.25, 0.3) is 0 Å². The van der Waals surface area contributed by atoms with Gasteiger partial charge in [0.05, 0.1) is 21.4 Å². The van der Waals surface area contributed by atoms with E-state index in [-0.39, 0.29) is 11.5 Å². The fourth-order valence-corrected chi connectivity index (χ4v) is 3.55. The third kappa shape index (κ3) is 3.61. The number of hydrogen-bond acceptors (Lipinski definition) is 2. The summed E-state index contributed by atoms with van der Waals surface area (Å²) in [6.07, 6.45) is 0. The predicted octanol–water partition coefficient (Wildman–Crippen LogP) is 3.75. The van der Waals surface area contributed by atoms with E-state index in [4.69, 9.17) is 0 Å². The zero-order valence-electron chi connectivity index (χ0n) is 10.4. The molecule has 2 nitrogen and oxygen atoms in total. The van der Waals surface area contributed by atoms with Crippen LogP contribution in [0.3, 0.4) is 0 Å². The third-order valence-electron chi connectivity index (χ3n) is 2.72. The average molecular weight is 337 g/mol. The maximum absolute atomic E-state index is 12.2. The van der Waals surface area contributed by atoms with Crippen molar-refractivity contribution in [3.8, 4) is 0 Å². The summed E-state index contributed by atoms with van der Waals surface area (Å²) < 4.78 is 12.9. The summed E-state index contributed by atoms with van der Waals surface area (Å²) in [5.41, 5.74) is 1.70. The molecule has 4 heteroatoms. The number of hydrogen-bond donors (Lipinski definition) is 0. The molecule has 2 rings (SSSR count). The van der Waals surface area contributed by atoms with Crippen LogP contribution >= 0.6 is 15.9 Å². The molecule has 0 N–H and O–H groups in total. The van der Waals surface area contributed by atoms with Crippen LogP contribution in [0.2, 0.25) is 0 Å². The number of benzene rings is 2. The molecule has 0 amide bonds. The Hall–Kier alpha value is -1.26. The van der Waals surface area contributed by atoms with Gasteiger partial charge in [0.15, 0.2) is 5.78 Å². The van der Waals surface area contributed by atoms with Crippen LogP contribution in [0.1, 0.15) is 15.9 Å². The van der Waals surface area contributed by atoms with Gasteiger partial charge in [0.1, 0.15) is 0 Å². The van der Waals surface area contributed by atoms with Crippen molar-refractivity contribution < 1.29 is 9.00 Å². The number of carbonyl (C=O) groups is 1. The van der Waals surface area contributed by atoms with Gasteiger partial charge in [-0.1, -0.05) is 42.0 Å². The lowest BCUT2D eigenvalue weighted by Crippen LogP contribution is -2.11. The Kier molecular flexibility index (Phi) is 4.66. The molecule has 0 heterocycles. The van der Waals surface area contributed by atoms with Crippen molar-refractivity contribution in [1.82, 2.24) is 0 Å². The second kappa shape index (κ2) is 6.26. The molecule has 2 aromatic rings. The first-order valence-corrected chi connectivity index (χ1v) is 7.92. The molecular weight excluding hydrogens is 324 g/mol. The highest BCUT2D eigenvalue weighted by Gasteiger charge is 2.14. The first-order chi connectivity index (χ1) is 9.08. The molecule has 0 aliphatic carbocycles. The van der Waals surface area contributed by atoms with Crippen LogP contribution in [-0.4, -0.2) is 15.7 Å². The van der Waals surface area contributed by atoms with Gasteiger partial charge in [0.2, 0.25) is 0 Å². The van der Waals surface area contributed by atoms with Crippen LogP contribution in [0.15, 0.2) is 57.9 Å². The van der Waals surface area contributed by atoms with E-state index in [1.54, 1.807) is 18.2 Å². The topological polar surface area (TPSA) is 34.1 Å². The van der Waals surface area contributed by atoms with Gasteiger partial charge >= 0.3 is 0 Å². The van der Waals surface area contributed by atoms with Gasteiger partial charge in [-0.15, -0.1) is 0 Å². The van der Waals surface area contributed by atoms with Crippen LogP contribution in [0, 0.1) is 6.92 Å². The van der Waals surface area contributed by atoms with Crippen molar-refractivity contribution in [2.45, 2.75) is 11.8 Å². The molecule has 2 aromatic carbocycles. The summed E-state index contributed by atoms with van der Waals surface area (Å²) in [5.74, 6) is -0.0971. The highest BCUT2D eigenvalue weighted by molar-refractivity contribution is 9.10. The van der Waals surface area contributed by atoms with E-state index in [0.29, 0.717) is 10.5 Å². The number of Topliss-reactive ketones (excluding diaryl/α,β-unsaturated/α-hetero) is 1. The van der Waals surface area contributed by atoms with E-state index in [1.165, 1.54) is 0 Å². The lowest BCUT2D eigenvalue weighted by atomic mass is 10.1. The van der Waals surface area contributed by atoms with Crippen molar-refractivity contribution in [3.05, 3.63) is 64.1 Å². The number of carbonyl (C=O) groups excluding carboxylic acids is 1. The molecule has 1 unspecified atom stereocenters. The first kappa shape index (κ1) is 14.2. The SMILES string of the molecule is Cc1ccc(C(=O)CS(=O)c2ccccc2Br)cc1. The second-order valence-corrected chi connectivity index (χ2v) is 6.48. The minimum atomic E-state index is -1.33. The maximum Gasteiger partial charge on any atom is 0.175 e. The summed E-state index contributed by atoms with van der Waals surface area (Å²) in [4.78, 5) is 12.7. The largest absolute Gasteiger partial charge is 0.293 e. The normalized spacial score (nSPS) is 12.1. The summed E-state index contributed by atoms with van der Waals surface area (Å²) >= 11 is 3.35. The molecule has 98 valence electrons. The van der Waals surface area contributed by atoms with Gasteiger partial charge in [-0.25, -0.2) is 0 Å². The molecule has 19 heavy (non-hydrogen) atoms. The smallest absolute Gasteiger partial charge is 0.175 e. The van der Waals surface area contributed by atoms with Crippen LogP contribution in [-0.2, 0) is 10.8 Å². The zero-order valence-corrected chi connectivity index (χ0v) is 12.8. The fourth-order valence-electron chi connectivity index (χ4n) is 1.65. The quantitative estimate of drug-likeness (QED) is 0.797. The van der Waals surface area contributed by atoms with E-state index < -0.39 is 10.8 Å². The Bertz CT molecular complexity index is 620. The molecule has 0 aromatic heterocycles. The van der Waals surface area contributed by atoms with E-state index >= 15 is 0 Å². The first-order valence-electron chi connectivity index (χ1n) is 5.80. The van der Waals surface area contributed by atoms with Crippen molar-refractivity contribution >= 4 is 32.5 Å². The molecule has 0 bridgehead atoms. The molecule has 0 radical (unpaired) electrons. The molecule has 0 saturated heterocycles. The van der Waals surface area contributed by atoms with E-state index in [1.807, 2.05) is 37.3 Å². The van der Waals surface area contributed by atoms with Crippen LogP contribution in [0.5, 0.6) is 0 Å². The summed E-state index contributed by atoms with van der Waals surface area (Å²) in [5, 5.41) is 0. The zero-order chi connectivity index (χ0) is 13.8. The second-order valence-electron chi connectivity index (χ2n) is 4.21. The van der Waals surface area contributed by atoms with E-state index in [2.05, 4.69) is 15.9 Å². The molecular formula is C15H13BrO2S. The van der Waals surface area contributed by atoms with E-state index in [9.17, 15) is 9.00 Å². The Labute approximate surface area is 123 Å². The maximum atomic E-state index is 12.2. The Morgan fingerprint density at radius 3 is 2.37 bits per heavy atom. The average Bonchev–Trinajstić information content (AvgIpc) is 2.39. The molecule has 1 atom stereocenters. The Morgan fingerprint density at radius 2 is 1.74 bits per heavy atom. The molecule has 0 aliphatic rings. The van der Waals surface area contributed by atoms with Crippen LogP contribution in [0.4, 0.5) is 0 Å². The van der Waals surface area contributed by atoms with Gasteiger partial charge in [-0.2, -0.15) is 0 Å². The number of ketones is 1. The lowest BCUT2D eigenvalue weighted by Gasteiger charge is -2.04. The molecule has 0 aliphatic heterocycles. The summed E-state index contributed by atoms with van der Waals surface area (Å²) in [7, 11) is -1.33. The van der Waals surface area contributed by atoms with Gasteiger partial charge in [-0.3, -0.25) is 9.00 Å². The van der Waals surface area contributed by atoms with Gasteiger partial charge < -0.3 is 0 Å². The third-order valence-corrected chi connectivity index (χ3v) is 5.04. The highest BCUT2D eigenvalue weighted by Crippen LogP contribution is 2.20. The number of halogens is 1. The minimum absolute atomic E-state index is 0.00563. The number of aryl methyl sites for hydroxylation is 1. The molecule has 0 fully saturated rings. The molecule has 0 spiro atoms. The van der Waals surface area contributed by atoms with Gasteiger partial charge in [-0.05, 0) is 35.0 Å². The number of rotatable bonds is 4. The Morgan fingerprint density at radius 1 is 1.11 bits per heavy atom. The predicted molar refractivity (Wildman–Crippen MR) is 80.9 cm³/mol. The van der Waals surface area contributed by atoms with Crippen molar-refractivity contribution in [2.75, 3.05) is 5.75 Å². The van der Waals surface area contributed by atoms with Gasteiger partial charge in [0.25, 0.3) is 0 Å². The highest BCUT2D eigenvalue weighted by atomic mass is 79.9. The van der Waals surface area contributed by atoms with Gasteiger partial charge in [0, 0.05) is 10.0 Å². The Balaban J connectivity index is 2.13. The minimum Gasteiger partial charge on any atom is -0.293 e. The summed E-state index contributed by atoms with van der Waals surface area (Å²) in [6, 6.07) is 14.6. The van der Waals surface area contributed by atoms with Crippen molar-refractivity contribution in [2.24, 2.45) is 0 Å². The van der Waals surface area contributed by atoms with Crippen LogP contribution < -0.4 is 0 Å². The van der Waals surface area contributed by atoms with Crippen molar-refractivity contribution in [3.63, 3.8) is 0 Å². The van der Waals surface area contributed by atoms with Crippen molar-refractivity contribution in [1.29, 1.82) is 0 Å². The fraction of sp³-hybridized carbons (Fsp3) is 0.133. The lowest BCUT2D eigenvalue weighted by molar-refractivity contribution is 0.102.